The summed E-state index contributed by atoms with van der Waals surface area (Å²) in [7, 11) is 0. The normalized spacial score (nSPS) is 23.0. The highest BCUT2D eigenvalue weighted by Gasteiger charge is 2.53. The van der Waals surface area contributed by atoms with Crippen LogP contribution in [0.15, 0.2) is 48.1 Å². The van der Waals surface area contributed by atoms with E-state index in [9.17, 15) is 4.79 Å². The van der Waals surface area contributed by atoms with E-state index in [0.717, 1.165) is 5.56 Å². The quantitative estimate of drug-likeness (QED) is 0.240. The van der Waals surface area contributed by atoms with Crippen LogP contribution in [0.1, 0.15) is 38.8 Å². The average Bonchev–Trinajstić information content (AvgIpc) is 2.52. The molecule has 0 saturated carbocycles. The van der Waals surface area contributed by atoms with Crippen LogP contribution in [0.5, 0.6) is 0 Å². The zero-order chi connectivity index (χ0) is 17.0. The minimum Gasteiger partial charge on any atom is -0.331 e. The molecular formula is C18H24N4O. The molecule has 0 radical (unpaired) electrons. The molecule has 1 aliphatic heterocycles. The van der Waals surface area contributed by atoms with Gasteiger partial charge in [0.05, 0.1) is 24.0 Å². The van der Waals surface area contributed by atoms with E-state index in [1.807, 2.05) is 56.0 Å². The molecule has 1 amide bonds. The van der Waals surface area contributed by atoms with Crippen molar-refractivity contribution < 1.29 is 4.79 Å². The Labute approximate surface area is 137 Å². The predicted octanol–water partition coefficient (Wildman–Crippen LogP) is 4.49. The first-order chi connectivity index (χ1) is 11.0. The molecule has 0 aliphatic carbocycles. The van der Waals surface area contributed by atoms with Crippen molar-refractivity contribution in [2.75, 3.05) is 0 Å². The molecule has 0 bridgehead atoms. The summed E-state index contributed by atoms with van der Waals surface area (Å²) >= 11 is 0. The number of hydrogen-bond acceptors (Lipinski definition) is 2. The number of benzene rings is 1. The van der Waals surface area contributed by atoms with Crippen LogP contribution in [-0.2, 0) is 4.79 Å². The van der Waals surface area contributed by atoms with Gasteiger partial charge in [0.2, 0.25) is 5.91 Å². The summed E-state index contributed by atoms with van der Waals surface area (Å²) in [5.74, 6) is 0.257. The molecule has 122 valence electrons. The van der Waals surface area contributed by atoms with Gasteiger partial charge in [-0.3, -0.25) is 4.79 Å². The molecule has 2 rings (SSSR count). The van der Waals surface area contributed by atoms with Gasteiger partial charge in [0, 0.05) is 4.91 Å². The molecule has 1 aromatic carbocycles. The van der Waals surface area contributed by atoms with Gasteiger partial charge in [-0.2, -0.15) is 0 Å². The second kappa shape index (κ2) is 7.34. The maximum atomic E-state index is 12.7. The van der Waals surface area contributed by atoms with Gasteiger partial charge in [0.25, 0.3) is 0 Å². The maximum absolute atomic E-state index is 12.7. The van der Waals surface area contributed by atoms with Crippen molar-refractivity contribution in [1.82, 2.24) is 4.90 Å². The Morgan fingerprint density at radius 3 is 2.52 bits per heavy atom. The minimum atomic E-state index is -0.270. The summed E-state index contributed by atoms with van der Waals surface area (Å²) in [6, 6.07) is 9.56. The first-order valence-electron chi connectivity index (χ1n) is 8.05. The van der Waals surface area contributed by atoms with E-state index in [4.69, 9.17) is 5.53 Å². The van der Waals surface area contributed by atoms with Gasteiger partial charge in [-0.05, 0) is 30.4 Å². The van der Waals surface area contributed by atoms with E-state index < -0.39 is 0 Å². The van der Waals surface area contributed by atoms with Crippen LogP contribution in [0.25, 0.3) is 10.4 Å². The second-order valence-electron chi connectivity index (χ2n) is 6.39. The van der Waals surface area contributed by atoms with Crippen LogP contribution in [0.2, 0.25) is 0 Å². The monoisotopic (exact) mass is 312 g/mol. The number of azide groups is 1. The van der Waals surface area contributed by atoms with E-state index in [1.54, 1.807) is 6.08 Å². The molecule has 0 aromatic heterocycles. The molecule has 0 N–H and O–H groups in total. The molecule has 1 saturated heterocycles. The number of carbonyl (C=O) groups is 1. The molecule has 1 fully saturated rings. The standard InChI is InChI=1S/C18H24N4O/c1-5-9-15(20-21-19)17-16(12(2)3)18(23)22(17)13(4)14-10-7-6-8-11-14/h5-8,10-13,15-17H,1,9H2,2-4H3. The summed E-state index contributed by atoms with van der Waals surface area (Å²) < 4.78 is 0. The largest absolute Gasteiger partial charge is 0.331 e. The van der Waals surface area contributed by atoms with Crippen molar-refractivity contribution in [3.63, 3.8) is 0 Å². The van der Waals surface area contributed by atoms with E-state index in [1.165, 1.54) is 0 Å². The predicted molar refractivity (Wildman–Crippen MR) is 91.6 cm³/mol. The van der Waals surface area contributed by atoms with E-state index in [-0.39, 0.29) is 35.9 Å². The smallest absolute Gasteiger partial charge is 0.228 e. The fourth-order valence-electron chi connectivity index (χ4n) is 3.49. The molecular weight excluding hydrogens is 288 g/mol. The highest BCUT2D eigenvalue weighted by molar-refractivity contribution is 5.87. The van der Waals surface area contributed by atoms with Crippen molar-refractivity contribution in [2.45, 2.75) is 45.3 Å². The topological polar surface area (TPSA) is 69.1 Å². The highest BCUT2D eigenvalue weighted by Crippen LogP contribution is 2.42. The Bertz CT molecular complexity index is 607. The first-order valence-corrected chi connectivity index (χ1v) is 8.05. The summed E-state index contributed by atoms with van der Waals surface area (Å²) in [6.07, 6.45) is 2.33. The Morgan fingerprint density at radius 1 is 1.35 bits per heavy atom. The lowest BCUT2D eigenvalue weighted by Gasteiger charge is -2.54. The number of likely N-dealkylation sites (tertiary alicyclic amines) is 1. The second-order valence-corrected chi connectivity index (χ2v) is 6.39. The lowest BCUT2D eigenvalue weighted by atomic mass is 9.73. The van der Waals surface area contributed by atoms with Gasteiger partial charge in [-0.25, -0.2) is 0 Å². The number of rotatable bonds is 7. The van der Waals surface area contributed by atoms with Gasteiger partial charge in [0.15, 0.2) is 0 Å². The summed E-state index contributed by atoms with van der Waals surface area (Å²) in [5.41, 5.74) is 9.97. The Kier molecular flexibility index (Phi) is 5.45. The average molecular weight is 312 g/mol. The molecule has 0 spiro atoms. The third kappa shape index (κ3) is 3.25. The van der Waals surface area contributed by atoms with Crippen LogP contribution in [0.4, 0.5) is 0 Å². The molecule has 4 atom stereocenters. The molecule has 1 heterocycles. The first kappa shape index (κ1) is 17.1. The van der Waals surface area contributed by atoms with Crippen molar-refractivity contribution in [3.8, 4) is 0 Å². The van der Waals surface area contributed by atoms with E-state index in [2.05, 4.69) is 16.6 Å². The zero-order valence-corrected chi connectivity index (χ0v) is 14.0. The summed E-state index contributed by atoms with van der Waals surface area (Å²) in [5, 5.41) is 3.94. The SMILES string of the molecule is C=CCC(N=[N+]=[N-])C1C(C(C)C)C(=O)N1C(C)c1ccccc1. The van der Waals surface area contributed by atoms with Crippen LogP contribution >= 0.6 is 0 Å². The third-order valence-electron chi connectivity index (χ3n) is 4.65. The van der Waals surface area contributed by atoms with Crippen LogP contribution in [0.3, 0.4) is 0 Å². The lowest BCUT2D eigenvalue weighted by Crippen LogP contribution is -2.66. The van der Waals surface area contributed by atoms with Crippen molar-refractivity contribution >= 4 is 5.91 Å². The van der Waals surface area contributed by atoms with Crippen LogP contribution in [0, 0.1) is 11.8 Å². The highest BCUT2D eigenvalue weighted by atomic mass is 16.2. The number of β-lactam (4-membered cyclic amide) rings is 1. The van der Waals surface area contributed by atoms with Crippen molar-refractivity contribution in [3.05, 3.63) is 59.0 Å². The molecule has 5 nitrogen and oxygen atoms in total. The van der Waals surface area contributed by atoms with Gasteiger partial charge >= 0.3 is 0 Å². The number of amides is 1. The Morgan fingerprint density at radius 2 is 2.00 bits per heavy atom. The number of hydrogen-bond donors (Lipinski definition) is 0. The number of carbonyl (C=O) groups excluding carboxylic acids is 1. The zero-order valence-electron chi connectivity index (χ0n) is 14.0. The molecule has 5 heteroatoms. The summed E-state index contributed by atoms with van der Waals surface area (Å²) in [4.78, 5) is 17.6. The summed E-state index contributed by atoms with van der Waals surface area (Å²) in [6.45, 7) is 9.86. The number of nitrogens with zero attached hydrogens (tertiary/aromatic N) is 4. The van der Waals surface area contributed by atoms with Gasteiger partial charge in [0.1, 0.15) is 0 Å². The third-order valence-corrected chi connectivity index (χ3v) is 4.65. The molecule has 1 aliphatic rings. The van der Waals surface area contributed by atoms with E-state index in [0.29, 0.717) is 6.42 Å². The van der Waals surface area contributed by atoms with Gasteiger partial charge in [-0.15, -0.1) is 6.58 Å². The van der Waals surface area contributed by atoms with Gasteiger partial charge < -0.3 is 4.90 Å². The Hall–Kier alpha value is -2.26. The van der Waals surface area contributed by atoms with Gasteiger partial charge in [-0.1, -0.05) is 55.4 Å². The van der Waals surface area contributed by atoms with Crippen LogP contribution in [-0.4, -0.2) is 22.9 Å². The molecule has 1 aromatic rings. The van der Waals surface area contributed by atoms with Crippen LogP contribution < -0.4 is 0 Å². The maximum Gasteiger partial charge on any atom is 0.228 e. The lowest BCUT2D eigenvalue weighted by molar-refractivity contribution is -0.166. The Balaban J connectivity index is 2.34. The van der Waals surface area contributed by atoms with Crippen molar-refractivity contribution in [2.24, 2.45) is 17.0 Å². The minimum absolute atomic E-state index is 0.0371. The molecule has 23 heavy (non-hydrogen) atoms. The fraction of sp³-hybridized carbons (Fsp3) is 0.500. The fourth-order valence-corrected chi connectivity index (χ4v) is 3.49. The van der Waals surface area contributed by atoms with Crippen molar-refractivity contribution in [1.29, 1.82) is 0 Å². The van der Waals surface area contributed by atoms with E-state index >= 15 is 0 Å². The molecule has 4 unspecified atom stereocenters.